The number of sulfonamides is 1. The maximum absolute atomic E-state index is 12.9. The van der Waals surface area contributed by atoms with Crippen molar-refractivity contribution in [3.05, 3.63) is 17.3 Å². The largest absolute Gasteiger partial charge is 0.481 e. The van der Waals surface area contributed by atoms with E-state index in [2.05, 4.69) is 0 Å². The van der Waals surface area contributed by atoms with E-state index in [1.54, 1.807) is 0 Å². The minimum absolute atomic E-state index is 0.0336. The van der Waals surface area contributed by atoms with Crippen LogP contribution in [0.4, 0.5) is 4.39 Å². The fraction of sp³-hybridized carbons (Fsp3) is 0.583. The van der Waals surface area contributed by atoms with Crippen molar-refractivity contribution in [3.8, 4) is 0 Å². The third-order valence-corrected chi connectivity index (χ3v) is 7.21. The van der Waals surface area contributed by atoms with Crippen molar-refractivity contribution in [2.45, 2.75) is 23.5 Å². The number of carboxylic acid groups (broad SMARTS) is 1. The Morgan fingerprint density at radius 3 is 2.60 bits per heavy atom. The zero-order chi connectivity index (χ0) is 14.5. The molecule has 1 saturated heterocycles. The number of nitrogens with zero attached hydrogens (tertiary/aromatic N) is 1. The van der Waals surface area contributed by atoms with Gasteiger partial charge in [0, 0.05) is 19.5 Å². The topological polar surface area (TPSA) is 74.7 Å². The molecule has 0 radical (unpaired) electrons. The lowest BCUT2D eigenvalue weighted by atomic mass is 9.58. The minimum Gasteiger partial charge on any atom is -0.481 e. The van der Waals surface area contributed by atoms with E-state index in [1.807, 2.05) is 0 Å². The third-order valence-electron chi connectivity index (χ3n) is 4.07. The molecule has 1 aromatic rings. The molecule has 1 saturated carbocycles. The first-order valence-corrected chi connectivity index (χ1v) is 8.54. The van der Waals surface area contributed by atoms with Gasteiger partial charge in [0.1, 0.15) is 4.21 Å². The first-order valence-electron chi connectivity index (χ1n) is 6.28. The van der Waals surface area contributed by atoms with Gasteiger partial charge in [0.2, 0.25) is 0 Å². The summed E-state index contributed by atoms with van der Waals surface area (Å²) in [7, 11) is -3.57. The van der Waals surface area contributed by atoms with Crippen molar-refractivity contribution in [1.29, 1.82) is 0 Å². The van der Waals surface area contributed by atoms with Gasteiger partial charge in [-0.05, 0) is 36.3 Å². The maximum Gasteiger partial charge on any atom is 0.303 e. The average molecular weight is 319 g/mol. The molecular weight excluding hydrogens is 305 g/mol. The molecule has 110 valence electrons. The van der Waals surface area contributed by atoms with Crippen LogP contribution >= 0.6 is 11.3 Å². The summed E-state index contributed by atoms with van der Waals surface area (Å²) in [6.07, 6.45) is 1.69. The van der Waals surface area contributed by atoms with Crippen LogP contribution < -0.4 is 0 Å². The van der Waals surface area contributed by atoms with E-state index in [-0.39, 0.29) is 22.0 Å². The number of hydrogen-bond acceptors (Lipinski definition) is 4. The minimum atomic E-state index is -3.57. The van der Waals surface area contributed by atoms with Gasteiger partial charge in [-0.1, -0.05) is 11.3 Å². The standard InChI is InChI=1S/C12H14FNO4S2/c13-9-1-2-11(19-9)20(17,18)14-6-12(7-14)4-8(5-12)3-10(15)16/h1-2,8H,3-7H2,(H,15,16). The summed E-state index contributed by atoms with van der Waals surface area (Å²) in [5.74, 6) is -0.640. The fourth-order valence-corrected chi connectivity index (χ4v) is 6.07. The molecule has 0 aromatic carbocycles. The molecule has 0 bridgehead atoms. The predicted molar refractivity (Wildman–Crippen MR) is 70.4 cm³/mol. The molecule has 1 aromatic heterocycles. The Morgan fingerprint density at radius 1 is 1.45 bits per heavy atom. The fourth-order valence-electron chi connectivity index (χ4n) is 3.25. The van der Waals surface area contributed by atoms with E-state index >= 15 is 0 Å². The normalized spacial score (nSPS) is 22.4. The third kappa shape index (κ3) is 2.25. The summed E-state index contributed by atoms with van der Waals surface area (Å²) in [6.45, 7) is 0.843. The van der Waals surface area contributed by atoms with E-state index < -0.39 is 21.1 Å². The predicted octanol–water partition coefficient (Wildman–Crippen LogP) is 1.76. The van der Waals surface area contributed by atoms with Gasteiger partial charge in [-0.25, -0.2) is 8.42 Å². The first kappa shape index (κ1) is 14.0. The second-order valence-electron chi connectivity index (χ2n) is 5.70. The van der Waals surface area contributed by atoms with E-state index in [9.17, 15) is 17.6 Å². The summed E-state index contributed by atoms with van der Waals surface area (Å²) in [4.78, 5) is 10.6. The number of halogens is 1. The Hall–Kier alpha value is -0.990. The Balaban J connectivity index is 1.60. The van der Waals surface area contributed by atoms with Gasteiger partial charge < -0.3 is 5.11 Å². The number of hydrogen-bond donors (Lipinski definition) is 1. The lowest BCUT2D eigenvalue weighted by Crippen LogP contribution is -2.63. The molecule has 2 heterocycles. The van der Waals surface area contributed by atoms with E-state index in [0.717, 1.165) is 18.9 Å². The monoisotopic (exact) mass is 319 g/mol. The van der Waals surface area contributed by atoms with E-state index in [4.69, 9.17) is 5.11 Å². The molecule has 1 aliphatic heterocycles. The summed E-state index contributed by atoms with van der Waals surface area (Å²) < 4.78 is 38.7. The van der Waals surface area contributed by atoms with Gasteiger partial charge in [0.05, 0.1) is 0 Å². The second-order valence-corrected chi connectivity index (χ2v) is 8.90. The van der Waals surface area contributed by atoms with Gasteiger partial charge in [0.25, 0.3) is 10.0 Å². The maximum atomic E-state index is 12.9. The molecule has 1 spiro atoms. The van der Waals surface area contributed by atoms with E-state index in [0.29, 0.717) is 24.4 Å². The van der Waals surface area contributed by atoms with Crippen LogP contribution in [-0.2, 0) is 14.8 Å². The Morgan fingerprint density at radius 2 is 2.10 bits per heavy atom. The van der Waals surface area contributed by atoms with Gasteiger partial charge in [-0.15, -0.1) is 0 Å². The van der Waals surface area contributed by atoms with Crippen molar-refractivity contribution in [2.75, 3.05) is 13.1 Å². The molecule has 0 unspecified atom stereocenters. The SMILES string of the molecule is O=C(O)CC1CC2(C1)CN(S(=O)(=O)c1ccc(F)s1)C2. The van der Waals surface area contributed by atoms with Crippen LogP contribution in [0.5, 0.6) is 0 Å². The van der Waals surface area contributed by atoms with Crippen molar-refractivity contribution >= 4 is 27.3 Å². The lowest BCUT2D eigenvalue weighted by Gasteiger charge is -2.58. The van der Waals surface area contributed by atoms with Crippen molar-refractivity contribution in [2.24, 2.45) is 11.3 Å². The molecule has 1 aliphatic carbocycles. The molecule has 20 heavy (non-hydrogen) atoms. The van der Waals surface area contributed by atoms with Crippen LogP contribution in [0.3, 0.4) is 0 Å². The van der Waals surface area contributed by atoms with Gasteiger partial charge in [-0.2, -0.15) is 8.70 Å². The smallest absolute Gasteiger partial charge is 0.303 e. The molecule has 0 atom stereocenters. The molecule has 2 aliphatic rings. The molecule has 8 heteroatoms. The second kappa shape index (κ2) is 4.51. The summed E-state index contributed by atoms with van der Waals surface area (Å²) in [5, 5.41) is 8.19. The van der Waals surface area contributed by atoms with Gasteiger partial charge in [-0.3, -0.25) is 4.79 Å². The summed E-state index contributed by atoms with van der Waals surface area (Å²) in [6, 6.07) is 2.44. The quantitative estimate of drug-likeness (QED) is 0.917. The van der Waals surface area contributed by atoms with Gasteiger partial charge >= 0.3 is 5.97 Å². The zero-order valence-corrected chi connectivity index (χ0v) is 12.2. The molecular formula is C12H14FNO4S2. The van der Waals surface area contributed by atoms with Crippen LogP contribution in [0.2, 0.25) is 0 Å². The van der Waals surface area contributed by atoms with Crippen molar-refractivity contribution in [1.82, 2.24) is 4.31 Å². The average Bonchev–Trinajstić information content (AvgIpc) is 2.66. The number of thiophene rings is 1. The number of carbonyl (C=O) groups is 1. The number of rotatable bonds is 4. The highest BCUT2D eigenvalue weighted by Gasteiger charge is 2.55. The molecule has 3 rings (SSSR count). The highest BCUT2D eigenvalue weighted by atomic mass is 32.2. The Kier molecular flexibility index (Phi) is 3.15. The van der Waals surface area contributed by atoms with Crippen LogP contribution in [0.25, 0.3) is 0 Å². The number of carboxylic acids is 1. The van der Waals surface area contributed by atoms with Gasteiger partial charge in [0.15, 0.2) is 5.13 Å². The van der Waals surface area contributed by atoms with Crippen LogP contribution in [-0.4, -0.2) is 36.9 Å². The zero-order valence-electron chi connectivity index (χ0n) is 10.6. The number of aliphatic carboxylic acids is 1. The molecule has 1 N–H and O–H groups in total. The van der Waals surface area contributed by atoms with Crippen LogP contribution in [0, 0.1) is 16.5 Å². The van der Waals surface area contributed by atoms with E-state index in [1.165, 1.54) is 10.4 Å². The summed E-state index contributed by atoms with van der Waals surface area (Å²) in [5.41, 5.74) is -0.0387. The Labute approximate surface area is 120 Å². The highest BCUT2D eigenvalue weighted by molar-refractivity contribution is 7.91. The highest BCUT2D eigenvalue weighted by Crippen LogP contribution is 2.54. The van der Waals surface area contributed by atoms with Crippen LogP contribution in [0.1, 0.15) is 19.3 Å². The molecule has 0 amide bonds. The summed E-state index contributed by atoms with van der Waals surface area (Å²) >= 11 is 0.633. The van der Waals surface area contributed by atoms with Crippen molar-refractivity contribution < 1.29 is 22.7 Å². The first-order chi connectivity index (χ1) is 9.31. The van der Waals surface area contributed by atoms with Crippen LogP contribution in [0.15, 0.2) is 16.3 Å². The Bertz CT molecular complexity index is 640. The molecule has 5 nitrogen and oxygen atoms in total. The van der Waals surface area contributed by atoms with Crippen molar-refractivity contribution in [3.63, 3.8) is 0 Å². The molecule has 2 fully saturated rings. The lowest BCUT2D eigenvalue weighted by molar-refractivity contribution is -0.142.